The van der Waals surface area contributed by atoms with Gasteiger partial charge in [-0.2, -0.15) is 0 Å². The SMILES string of the molecule is O=[SH](=O)c1ccccc1SC1CCCC1. The quantitative estimate of drug-likeness (QED) is 0.828. The van der Waals surface area contributed by atoms with Crippen LogP contribution in [-0.2, 0) is 10.7 Å². The molecule has 1 aromatic rings. The fourth-order valence-electron chi connectivity index (χ4n) is 1.89. The van der Waals surface area contributed by atoms with Crippen LogP contribution in [0.3, 0.4) is 0 Å². The highest BCUT2D eigenvalue weighted by atomic mass is 32.2. The second kappa shape index (κ2) is 5.03. The molecule has 0 bridgehead atoms. The summed E-state index contributed by atoms with van der Waals surface area (Å²) >= 11 is 1.72. The van der Waals surface area contributed by atoms with Gasteiger partial charge in [0.25, 0.3) is 0 Å². The van der Waals surface area contributed by atoms with E-state index in [0.717, 1.165) is 4.90 Å². The molecule has 1 aromatic carbocycles. The number of hydrogen-bond donors (Lipinski definition) is 1. The highest BCUT2D eigenvalue weighted by Crippen LogP contribution is 2.36. The van der Waals surface area contributed by atoms with Gasteiger partial charge in [-0.05, 0) is 25.0 Å². The first-order valence-electron chi connectivity index (χ1n) is 5.17. The van der Waals surface area contributed by atoms with Gasteiger partial charge in [0.1, 0.15) is 0 Å². The van der Waals surface area contributed by atoms with Crippen molar-refractivity contribution in [2.45, 2.75) is 40.7 Å². The molecule has 0 saturated heterocycles. The smallest absolute Gasteiger partial charge is 0.169 e. The molecule has 0 aliphatic heterocycles. The lowest BCUT2D eigenvalue weighted by molar-refractivity contribution is 0.613. The van der Waals surface area contributed by atoms with Crippen LogP contribution < -0.4 is 0 Å². The third kappa shape index (κ3) is 2.75. The molecular formula is C11H14O2S2. The number of benzene rings is 1. The molecule has 0 aromatic heterocycles. The summed E-state index contributed by atoms with van der Waals surface area (Å²) in [4.78, 5) is 1.39. The van der Waals surface area contributed by atoms with Gasteiger partial charge in [-0.15, -0.1) is 11.8 Å². The number of thioether (sulfide) groups is 1. The predicted molar refractivity (Wildman–Crippen MR) is 63.1 cm³/mol. The van der Waals surface area contributed by atoms with Gasteiger partial charge < -0.3 is 0 Å². The minimum absolute atomic E-state index is 0.476. The average Bonchev–Trinajstić information content (AvgIpc) is 2.71. The van der Waals surface area contributed by atoms with E-state index >= 15 is 0 Å². The first-order valence-corrected chi connectivity index (χ1v) is 7.23. The topological polar surface area (TPSA) is 34.1 Å². The zero-order valence-corrected chi connectivity index (χ0v) is 10.1. The molecule has 1 saturated carbocycles. The largest absolute Gasteiger partial charge is 0.227 e. The van der Waals surface area contributed by atoms with Gasteiger partial charge in [-0.25, -0.2) is 8.42 Å². The van der Waals surface area contributed by atoms with E-state index in [1.165, 1.54) is 25.7 Å². The number of thiol groups is 1. The third-order valence-electron chi connectivity index (χ3n) is 2.66. The molecule has 0 amide bonds. The molecule has 2 nitrogen and oxygen atoms in total. The Hall–Kier alpha value is -0.480. The molecule has 1 aliphatic rings. The molecule has 1 aliphatic carbocycles. The summed E-state index contributed by atoms with van der Waals surface area (Å²) in [6.45, 7) is 0. The van der Waals surface area contributed by atoms with E-state index in [4.69, 9.17) is 0 Å². The van der Waals surface area contributed by atoms with Gasteiger partial charge in [-0.1, -0.05) is 25.0 Å². The molecular weight excluding hydrogens is 228 g/mol. The summed E-state index contributed by atoms with van der Waals surface area (Å²) in [5.41, 5.74) is 0. The van der Waals surface area contributed by atoms with Crippen molar-refractivity contribution in [1.82, 2.24) is 0 Å². The van der Waals surface area contributed by atoms with Crippen LogP contribution in [0.2, 0.25) is 0 Å². The van der Waals surface area contributed by atoms with Crippen molar-refractivity contribution < 1.29 is 8.42 Å². The molecule has 4 heteroatoms. The Balaban J connectivity index is 2.19. The maximum atomic E-state index is 11.0. The molecule has 82 valence electrons. The first-order chi connectivity index (χ1) is 7.27. The minimum atomic E-state index is -2.46. The monoisotopic (exact) mass is 242 g/mol. The fourth-order valence-corrected chi connectivity index (χ4v) is 4.01. The van der Waals surface area contributed by atoms with Crippen LogP contribution in [0.5, 0.6) is 0 Å². The Morgan fingerprint density at radius 3 is 2.47 bits per heavy atom. The van der Waals surface area contributed by atoms with Gasteiger partial charge in [0.15, 0.2) is 10.7 Å². The summed E-state index contributed by atoms with van der Waals surface area (Å²) < 4.78 is 22.0. The van der Waals surface area contributed by atoms with Crippen LogP contribution in [0.1, 0.15) is 25.7 Å². The highest BCUT2D eigenvalue weighted by Gasteiger charge is 2.17. The lowest BCUT2D eigenvalue weighted by atomic mass is 10.4. The Labute approximate surface area is 96.0 Å². The van der Waals surface area contributed by atoms with Gasteiger partial charge in [0.2, 0.25) is 0 Å². The minimum Gasteiger partial charge on any atom is -0.227 e. The van der Waals surface area contributed by atoms with Crippen molar-refractivity contribution in [1.29, 1.82) is 0 Å². The molecule has 0 atom stereocenters. The Morgan fingerprint density at radius 1 is 1.13 bits per heavy atom. The second-order valence-electron chi connectivity index (χ2n) is 3.75. The summed E-state index contributed by atoms with van der Waals surface area (Å²) in [6, 6.07) is 7.27. The molecule has 0 radical (unpaired) electrons. The van der Waals surface area contributed by atoms with E-state index in [2.05, 4.69) is 0 Å². The zero-order valence-electron chi connectivity index (χ0n) is 8.39. The molecule has 2 rings (SSSR count). The van der Waals surface area contributed by atoms with E-state index in [-0.39, 0.29) is 0 Å². The molecule has 0 heterocycles. The lowest BCUT2D eigenvalue weighted by Crippen LogP contribution is -1.95. The number of hydrogen-bond acceptors (Lipinski definition) is 3. The lowest BCUT2D eigenvalue weighted by Gasteiger charge is -2.09. The summed E-state index contributed by atoms with van der Waals surface area (Å²) in [6.07, 6.45) is 5.00. The Bertz CT molecular complexity index is 399. The van der Waals surface area contributed by atoms with Gasteiger partial charge in [-0.3, -0.25) is 0 Å². The number of rotatable bonds is 3. The van der Waals surface area contributed by atoms with Crippen molar-refractivity contribution in [2.75, 3.05) is 0 Å². The molecule has 1 fully saturated rings. The van der Waals surface area contributed by atoms with Crippen LogP contribution in [-0.4, -0.2) is 13.7 Å². The summed E-state index contributed by atoms with van der Waals surface area (Å²) in [5.74, 6) is 0. The first kappa shape index (κ1) is 11.0. The van der Waals surface area contributed by atoms with Crippen molar-refractivity contribution >= 4 is 22.5 Å². The van der Waals surface area contributed by atoms with E-state index in [9.17, 15) is 8.42 Å². The third-order valence-corrected chi connectivity index (χ3v) is 5.01. The van der Waals surface area contributed by atoms with Crippen LogP contribution in [0, 0.1) is 0 Å². The normalized spacial score (nSPS) is 17.4. The second-order valence-corrected chi connectivity index (χ2v) is 6.09. The van der Waals surface area contributed by atoms with Gasteiger partial charge in [0.05, 0.1) is 4.90 Å². The van der Waals surface area contributed by atoms with Crippen LogP contribution in [0.4, 0.5) is 0 Å². The van der Waals surface area contributed by atoms with E-state index in [1.54, 1.807) is 23.9 Å². The van der Waals surface area contributed by atoms with Crippen molar-refractivity contribution in [3.05, 3.63) is 24.3 Å². The average molecular weight is 242 g/mol. The maximum absolute atomic E-state index is 11.0. The van der Waals surface area contributed by atoms with Gasteiger partial charge in [0, 0.05) is 10.1 Å². The Morgan fingerprint density at radius 2 is 1.80 bits per heavy atom. The van der Waals surface area contributed by atoms with Crippen LogP contribution >= 0.6 is 11.8 Å². The van der Waals surface area contributed by atoms with Crippen molar-refractivity contribution in [3.8, 4) is 0 Å². The van der Waals surface area contributed by atoms with E-state index in [0.29, 0.717) is 10.1 Å². The van der Waals surface area contributed by atoms with Crippen LogP contribution in [0.25, 0.3) is 0 Å². The standard InChI is InChI=1S/C11H14O2S2/c12-15(13)11-8-4-3-7-10(11)14-9-5-1-2-6-9/h3-4,7-9,15H,1-2,5-6H2. The van der Waals surface area contributed by atoms with Crippen LogP contribution in [0.15, 0.2) is 34.1 Å². The molecule has 0 N–H and O–H groups in total. The van der Waals surface area contributed by atoms with Gasteiger partial charge >= 0.3 is 0 Å². The molecule has 0 unspecified atom stereocenters. The summed E-state index contributed by atoms with van der Waals surface area (Å²) in [7, 11) is -2.46. The molecule has 0 spiro atoms. The summed E-state index contributed by atoms with van der Waals surface area (Å²) in [5, 5.41) is 0.612. The fraction of sp³-hybridized carbons (Fsp3) is 0.455. The van der Waals surface area contributed by atoms with Crippen molar-refractivity contribution in [3.63, 3.8) is 0 Å². The predicted octanol–water partition coefficient (Wildman–Crippen LogP) is 2.69. The Kier molecular flexibility index (Phi) is 3.70. The van der Waals surface area contributed by atoms with E-state index in [1.807, 2.05) is 12.1 Å². The van der Waals surface area contributed by atoms with E-state index < -0.39 is 10.7 Å². The zero-order chi connectivity index (χ0) is 10.7. The maximum Gasteiger partial charge on any atom is 0.169 e. The molecule has 15 heavy (non-hydrogen) atoms. The highest BCUT2D eigenvalue weighted by molar-refractivity contribution is 8.00. The van der Waals surface area contributed by atoms with Crippen molar-refractivity contribution in [2.24, 2.45) is 0 Å².